The molecule has 0 radical (unpaired) electrons. The molecule has 0 aromatic heterocycles. The van der Waals surface area contributed by atoms with Gasteiger partial charge in [0.25, 0.3) is 0 Å². The lowest BCUT2D eigenvalue weighted by Crippen LogP contribution is -2.36. The zero-order valence-corrected chi connectivity index (χ0v) is 9.83. The first kappa shape index (κ1) is 11.6. The highest BCUT2D eigenvalue weighted by Crippen LogP contribution is 2.30. The molecule has 0 heterocycles. The molecule has 2 rings (SSSR count). The zero-order valence-electron chi connectivity index (χ0n) is 9.83. The van der Waals surface area contributed by atoms with Gasteiger partial charge in [-0.25, -0.2) is 4.39 Å². The van der Waals surface area contributed by atoms with Crippen LogP contribution in [0.3, 0.4) is 0 Å². The lowest BCUT2D eigenvalue weighted by Gasteiger charge is -2.32. The van der Waals surface area contributed by atoms with Crippen LogP contribution in [0.25, 0.3) is 0 Å². The Morgan fingerprint density at radius 2 is 1.94 bits per heavy atom. The van der Waals surface area contributed by atoms with E-state index in [4.69, 9.17) is 5.73 Å². The average Bonchev–Trinajstić information content (AvgIpc) is 2.27. The second kappa shape index (κ2) is 4.96. The Bertz CT molecular complexity index is 333. The fourth-order valence-electron chi connectivity index (χ4n) is 2.68. The molecular formula is C14H20FN. The Labute approximate surface area is 96.9 Å². The van der Waals surface area contributed by atoms with E-state index in [2.05, 4.69) is 6.92 Å². The molecule has 1 aromatic rings. The third-order valence-corrected chi connectivity index (χ3v) is 3.71. The van der Waals surface area contributed by atoms with Crippen molar-refractivity contribution in [2.24, 2.45) is 17.6 Å². The minimum absolute atomic E-state index is 0.162. The van der Waals surface area contributed by atoms with Crippen LogP contribution in [0.4, 0.5) is 4.39 Å². The molecule has 16 heavy (non-hydrogen) atoms. The maximum Gasteiger partial charge on any atom is 0.123 e. The maximum absolute atomic E-state index is 12.8. The summed E-state index contributed by atoms with van der Waals surface area (Å²) >= 11 is 0. The number of rotatable bonds is 2. The fourth-order valence-corrected chi connectivity index (χ4v) is 2.68. The largest absolute Gasteiger partial charge is 0.327 e. The molecule has 1 fully saturated rings. The molecule has 0 amide bonds. The predicted octanol–water partition coefficient (Wildman–Crippen LogP) is 3.13. The van der Waals surface area contributed by atoms with Gasteiger partial charge in [0.1, 0.15) is 5.82 Å². The van der Waals surface area contributed by atoms with Crippen LogP contribution >= 0.6 is 0 Å². The minimum Gasteiger partial charge on any atom is -0.327 e. The molecule has 3 atom stereocenters. The molecule has 0 aliphatic heterocycles. The SMILES string of the molecule is CC1CCC(N)C(Cc2ccc(F)cc2)C1. The number of nitrogens with two attached hydrogens (primary N) is 1. The third kappa shape index (κ3) is 2.82. The molecule has 1 saturated carbocycles. The van der Waals surface area contributed by atoms with Crippen LogP contribution in [-0.2, 0) is 6.42 Å². The molecule has 2 heteroatoms. The van der Waals surface area contributed by atoms with Crippen molar-refractivity contribution >= 4 is 0 Å². The molecule has 3 unspecified atom stereocenters. The van der Waals surface area contributed by atoms with Crippen molar-refractivity contribution in [3.63, 3.8) is 0 Å². The summed E-state index contributed by atoms with van der Waals surface area (Å²) in [5.41, 5.74) is 7.35. The fraction of sp³-hybridized carbons (Fsp3) is 0.571. The van der Waals surface area contributed by atoms with Gasteiger partial charge in [0, 0.05) is 6.04 Å². The normalized spacial score (nSPS) is 30.3. The minimum atomic E-state index is -0.162. The van der Waals surface area contributed by atoms with Crippen LogP contribution in [-0.4, -0.2) is 6.04 Å². The van der Waals surface area contributed by atoms with E-state index >= 15 is 0 Å². The number of benzene rings is 1. The van der Waals surface area contributed by atoms with E-state index in [0.29, 0.717) is 12.0 Å². The highest BCUT2D eigenvalue weighted by atomic mass is 19.1. The number of halogens is 1. The van der Waals surface area contributed by atoms with Crippen LogP contribution in [0.1, 0.15) is 31.7 Å². The predicted molar refractivity (Wildman–Crippen MR) is 64.6 cm³/mol. The van der Waals surface area contributed by atoms with E-state index < -0.39 is 0 Å². The highest BCUT2D eigenvalue weighted by molar-refractivity contribution is 5.17. The molecule has 0 bridgehead atoms. The van der Waals surface area contributed by atoms with Crippen molar-refractivity contribution in [3.8, 4) is 0 Å². The van der Waals surface area contributed by atoms with Crippen molar-refractivity contribution in [2.75, 3.05) is 0 Å². The van der Waals surface area contributed by atoms with Gasteiger partial charge < -0.3 is 5.73 Å². The molecule has 88 valence electrons. The first-order valence-electron chi connectivity index (χ1n) is 6.15. The summed E-state index contributed by atoms with van der Waals surface area (Å²) < 4.78 is 12.8. The van der Waals surface area contributed by atoms with Crippen LogP contribution in [0.15, 0.2) is 24.3 Å². The van der Waals surface area contributed by atoms with Crippen molar-refractivity contribution in [2.45, 2.75) is 38.6 Å². The van der Waals surface area contributed by atoms with E-state index in [1.54, 1.807) is 0 Å². The Balaban J connectivity index is 2.00. The summed E-state index contributed by atoms with van der Waals surface area (Å²) in [6.07, 6.45) is 4.58. The molecule has 2 N–H and O–H groups in total. The van der Waals surface area contributed by atoms with E-state index in [9.17, 15) is 4.39 Å². The summed E-state index contributed by atoms with van der Waals surface area (Å²) in [4.78, 5) is 0. The average molecular weight is 221 g/mol. The summed E-state index contributed by atoms with van der Waals surface area (Å²) in [6.45, 7) is 2.30. The molecule has 1 nitrogen and oxygen atoms in total. The monoisotopic (exact) mass is 221 g/mol. The second-order valence-corrected chi connectivity index (χ2v) is 5.17. The summed E-state index contributed by atoms with van der Waals surface area (Å²) in [5.74, 6) is 1.18. The highest BCUT2D eigenvalue weighted by Gasteiger charge is 2.25. The number of hydrogen-bond donors (Lipinski definition) is 1. The Morgan fingerprint density at radius 3 is 2.62 bits per heavy atom. The number of hydrogen-bond acceptors (Lipinski definition) is 1. The zero-order chi connectivity index (χ0) is 11.5. The van der Waals surface area contributed by atoms with Crippen molar-refractivity contribution in [3.05, 3.63) is 35.6 Å². The van der Waals surface area contributed by atoms with Crippen LogP contribution in [0.2, 0.25) is 0 Å². The standard InChI is InChI=1S/C14H20FN/c1-10-2-7-14(16)12(8-10)9-11-3-5-13(15)6-4-11/h3-6,10,12,14H,2,7-9,16H2,1H3. The molecular weight excluding hydrogens is 201 g/mol. The first-order chi connectivity index (χ1) is 7.65. The van der Waals surface area contributed by atoms with Gasteiger partial charge in [-0.1, -0.05) is 19.1 Å². The quantitative estimate of drug-likeness (QED) is 0.815. The Kier molecular flexibility index (Phi) is 3.59. The van der Waals surface area contributed by atoms with Crippen LogP contribution < -0.4 is 5.73 Å². The van der Waals surface area contributed by atoms with E-state index in [1.807, 2.05) is 12.1 Å². The van der Waals surface area contributed by atoms with Crippen molar-refractivity contribution in [1.29, 1.82) is 0 Å². The van der Waals surface area contributed by atoms with Crippen molar-refractivity contribution < 1.29 is 4.39 Å². The maximum atomic E-state index is 12.8. The van der Waals surface area contributed by atoms with E-state index in [0.717, 1.165) is 18.8 Å². The van der Waals surface area contributed by atoms with Gasteiger partial charge in [-0.05, 0) is 55.2 Å². The molecule has 0 spiro atoms. The molecule has 1 aliphatic rings. The topological polar surface area (TPSA) is 26.0 Å². The van der Waals surface area contributed by atoms with Gasteiger partial charge >= 0.3 is 0 Å². The van der Waals surface area contributed by atoms with Crippen molar-refractivity contribution in [1.82, 2.24) is 0 Å². The third-order valence-electron chi connectivity index (χ3n) is 3.71. The molecule has 1 aliphatic carbocycles. The Hall–Kier alpha value is -0.890. The molecule has 0 saturated heterocycles. The lowest BCUT2D eigenvalue weighted by atomic mass is 9.76. The Morgan fingerprint density at radius 1 is 1.25 bits per heavy atom. The first-order valence-corrected chi connectivity index (χ1v) is 6.15. The van der Waals surface area contributed by atoms with E-state index in [-0.39, 0.29) is 5.82 Å². The van der Waals surface area contributed by atoms with Gasteiger partial charge in [-0.3, -0.25) is 0 Å². The summed E-state index contributed by atoms with van der Waals surface area (Å²) in [6, 6.07) is 7.14. The van der Waals surface area contributed by atoms with Gasteiger partial charge in [-0.2, -0.15) is 0 Å². The van der Waals surface area contributed by atoms with Crippen LogP contribution in [0.5, 0.6) is 0 Å². The van der Waals surface area contributed by atoms with Gasteiger partial charge in [0.05, 0.1) is 0 Å². The van der Waals surface area contributed by atoms with Crippen LogP contribution in [0, 0.1) is 17.7 Å². The van der Waals surface area contributed by atoms with Gasteiger partial charge in [-0.15, -0.1) is 0 Å². The lowest BCUT2D eigenvalue weighted by molar-refractivity contribution is 0.244. The van der Waals surface area contributed by atoms with Gasteiger partial charge in [0.15, 0.2) is 0 Å². The van der Waals surface area contributed by atoms with E-state index in [1.165, 1.54) is 30.5 Å². The summed E-state index contributed by atoms with van der Waals surface area (Å²) in [7, 11) is 0. The second-order valence-electron chi connectivity index (χ2n) is 5.17. The summed E-state index contributed by atoms with van der Waals surface area (Å²) in [5, 5.41) is 0. The molecule has 1 aromatic carbocycles. The van der Waals surface area contributed by atoms with Gasteiger partial charge in [0.2, 0.25) is 0 Å². The smallest absolute Gasteiger partial charge is 0.123 e.